The van der Waals surface area contributed by atoms with Gasteiger partial charge in [-0.2, -0.15) is 0 Å². The summed E-state index contributed by atoms with van der Waals surface area (Å²) in [7, 11) is 0. The van der Waals surface area contributed by atoms with Crippen molar-refractivity contribution < 1.29 is 35.1 Å². The number of phenols is 1. The van der Waals surface area contributed by atoms with E-state index in [0.29, 0.717) is 17.9 Å². The van der Waals surface area contributed by atoms with Gasteiger partial charge in [-0.3, -0.25) is 0 Å². The zero-order valence-electron chi connectivity index (χ0n) is 16.8. The van der Waals surface area contributed by atoms with Crippen molar-refractivity contribution in [2.75, 3.05) is 11.9 Å². The summed E-state index contributed by atoms with van der Waals surface area (Å²) in [6.07, 6.45) is -3.79. The normalized spacial score (nSPS) is 25.8. The second-order valence-electron chi connectivity index (χ2n) is 7.42. The maximum Gasteiger partial charge on any atom is 0.316 e. The van der Waals surface area contributed by atoms with Gasteiger partial charge in [0.1, 0.15) is 23.7 Å². The number of thioether (sulfide) groups is 1. The van der Waals surface area contributed by atoms with Crippen LogP contribution in [0.1, 0.15) is 16.7 Å². The molecule has 8 N–H and O–H groups in total. The molecule has 0 spiro atoms. The van der Waals surface area contributed by atoms with Crippen molar-refractivity contribution in [3.63, 3.8) is 0 Å². The maximum absolute atomic E-state index is 11.1. The Morgan fingerprint density at radius 1 is 1.16 bits per heavy atom. The van der Waals surface area contributed by atoms with Crippen LogP contribution in [0.2, 0.25) is 0 Å². The predicted molar refractivity (Wildman–Crippen MR) is 116 cm³/mol. The highest BCUT2D eigenvalue weighted by Gasteiger charge is 2.44. The summed E-state index contributed by atoms with van der Waals surface area (Å²) in [6, 6.07) is 9.39. The number of urea groups is 1. The molecule has 0 bridgehead atoms. The number of aliphatic hydroxyl groups is 4. The fourth-order valence-corrected chi connectivity index (χ4v) is 4.73. The summed E-state index contributed by atoms with van der Waals surface area (Å²) in [4.78, 5) is 11.1. The van der Waals surface area contributed by atoms with Crippen LogP contribution < -0.4 is 15.8 Å². The van der Waals surface area contributed by atoms with E-state index in [1.165, 1.54) is 6.07 Å². The summed E-state index contributed by atoms with van der Waals surface area (Å²) in [6.45, 7) is 1.40. The Morgan fingerprint density at radius 3 is 2.58 bits per heavy atom. The number of hydrogen-bond donors (Lipinski definition) is 7. The fourth-order valence-electron chi connectivity index (χ4n) is 3.49. The first kappa shape index (κ1) is 23.2. The first-order valence-corrected chi connectivity index (χ1v) is 10.6. The molecule has 2 amide bonds. The third-order valence-corrected chi connectivity index (χ3v) is 6.50. The Hall–Kier alpha value is -2.50. The molecule has 1 heterocycles. The lowest BCUT2D eigenvalue weighted by molar-refractivity contribution is -0.0910. The largest absolute Gasteiger partial charge is 0.508 e. The van der Waals surface area contributed by atoms with Crippen molar-refractivity contribution in [2.24, 2.45) is 5.73 Å². The van der Waals surface area contributed by atoms with Crippen LogP contribution in [0.15, 0.2) is 36.4 Å². The number of aromatic hydroxyl groups is 1. The van der Waals surface area contributed by atoms with Crippen molar-refractivity contribution >= 4 is 23.5 Å². The number of carbonyl (C=O) groups is 1. The highest BCUT2D eigenvalue weighted by Crippen LogP contribution is 2.37. The predicted octanol–water partition coefficient (Wildman–Crippen LogP) is 0.677. The molecule has 1 saturated heterocycles. The van der Waals surface area contributed by atoms with Crippen molar-refractivity contribution in [1.29, 1.82) is 0 Å². The van der Waals surface area contributed by atoms with Crippen LogP contribution >= 0.6 is 11.8 Å². The van der Waals surface area contributed by atoms with E-state index in [0.717, 1.165) is 28.5 Å². The van der Waals surface area contributed by atoms with Gasteiger partial charge in [0.2, 0.25) is 0 Å². The summed E-state index contributed by atoms with van der Waals surface area (Å²) < 4.78 is 5.96. The van der Waals surface area contributed by atoms with Crippen LogP contribution in [-0.4, -0.2) is 67.2 Å². The van der Waals surface area contributed by atoms with E-state index in [1.54, 1.807) is 31.2 Å². The number of carbonyl (C=O) groups excluding carboxylic acids is 1. The molecule has 9 nitrogen and oxygen atoms in total. The number of benzene rings is 2. The lowest BCUT2D eigenvalue weighted by Crippen LogP contribution is -2.55. The third kappa shape index (κ3) is 5.41. The standard InChI is InChI=1S/C21H26N2O7S/c1-10-5-13(25)8-15(30-20-19(28)18(27)17(26)16(9-24)31-20)14(10)7-11-3-2-4-12(6-11)23-21(22)29/h2-6,8,16-20,24-28H,7,9H2,1H3,(H3,22,23,29)/t16-,17-,18+,19-,20-/m1/s1. The van der Waals surface area contributed by atoms with E-state index < -0.39 is 41.6 Å². The highest BCUT2D eigenvalue weighted by molar-refractivity contribution is 8.00. The molecule has 0 aromatic heterocycles. The second-order valence-corrected chi connectivity index (χ2v) is 8.76. The molecule has 168 valence electrons. The minimum atomic E-state index is -1.48. The molecule has 0 unspecified atom stereocenters. The number of ether oxygens (including phenoxy) is 1. The quantitative estimate of drug-likeness (QED) is 0.337. The number of nitrogens with two attached hydrogens (primary N) is 1. The topological polar surface area (TPSA) is 166 Å². The van der Waals surface area contributed by atoms with Crippen molar-refractivity contribution in [2.45, 2.75) is 42.3 Å². The van der Waals surface area contributed by atoms with Crippen LogP contribution in [0.4, 0.5) is 10.5 Å². The van der Waals surface area contributed by atoms with Gasteiger partial charge in [-0.25, -0.2) is 4.79 Å². The molecule has 10 heteroatoms. The van der Waals surface area contributed by atoms with Gasteiger partial charge in [0.25, 0.3) is 0 Å². The Kier molecular flexibility index (Phi) is 7.29. The van der Waals surface area contributed by atoms with Gasteiger partial charge in [0.15, 0.2) is 5.44 Å². The number of phenolic OH excluding ortho intramolecular Hbond substituents is 1. The molecule has 2 aromatic carbocycles. The second kappa shape index (κ2) is 9.75. The van der Waals surface area contributed by atoms with Crippen molar-refractivity contribution in [1.82, 2.24) is 0 Å². The summed E-state index contributed by atoms with van der Waals surface area (Å²) in [5.41, 5.74) is 7.03. The van der Waals surface area contributed by atoms with Crippen LogP contribution in [0.25, 0.3) is 0 Å². The smallest absolute Gasteiger partial charge is 0.316 e. The molecular weight excluding hydrogens is 424 g/mol. The van der Waals surface area contributed by atoms with Crippen LogP contribution in [0.3, 0.4) is 0 Å². The number of hydrogen-bond acceptors (Lipinski definition) is 8. The van der Waals surface area contributed by atoms with Gasteiger partial charge in [-0.1, -0.05) is 12.1 Å². The Balaban J connectivity index is 1.89. The van der Waals surface area contributed by atoms with Crippen LogP contribution in [-0.2, 0) is 6.42 Å². The van der Waals surface area contributed by atoms with E-state index in [4.69, 9.17) is 10.5 Å². The maximum atomic E-state index is 11.1. The third-order valence-electron chi connectivity index (χ3n) is 5.08. The number of amides is 2. The molecule has 2 aromatic rings. The molecule has 1 aliphatic heterocycles. The minimum absolute atomic E-state index is 0.0324. The average molecular weight is 451 g/mol. The monoisotopic (exact) mass is 450 g/mol. The molecule has 0 radical (unpaired) electrons. The zero-order chi connectivity index (χ0) is 22.7. The number of aryl methyl sites for hydroxylation is 1. The number of rotatable bonds is 6. The number of aliphatic hydroxyl groups excluding tert-OH is 4. The molecule has 3 rings (SSSR count). The van der Waals surface area contributed by atoms with Gasteiger partial charge in [-0.05, 0) is 36.2 Å². The molecule has 31 heavy (non-hydrogen) atoms. The molecule has 0 saturated carbocycles. The number of nitrogens with one attached hydrogen (secondary N) is 1. The summed E-state index contributed by atoms with van der Waals surface area (Å²) in [5, 5.41) is 51.8. The minimum Gasteiger partial charge on any atom is -0.508 e. The first-order valence-electron chi connectivity index (χ1n) is 9.64. The molecular formula is C21H26N2O7S. The average Bonchev–Trinajstić information content (AvgIpc) is 2.70. The number of primary amides is 1. The van der Waals surface area contributed by atoms with Gasteiger partial charge >= 0.3 is 6.03 Å². The lowest BCUT2D eigenvalue weighted by Gasteiger charge is -2.39. The SMILES string of the molecule is Cc1cc(O)cc(O[C@@H]2S[C@H](CO)[C@@H](O)[C@H](O)[C@H]2O)c1Cc1cccc(NC(N)=O)c1. The Morgan fingerprint density at radius 2 is 1.90 bits per heavy atom. The van der Waals surface area contributed by atoms with E-state index in [-0.39, 0.29) is 5.75 Å². The Bertz CT molecular complexity index is 940. The van der Waals surface area contributed by atoms with E-state index >= 15 is 0 Å². The van der Waals surface area contributed by atoms with Gasteiger partial charge in [-0.15, -0.1) is 11.8 Å². The first-order chi connectivity index (χ1) is 14.7. The van der Waals surface area contributed by atoms with Gasteiger partial charge < -0.3 is 41.3 Å². The highest BCUT2D eigenvalue weighted by atomic mass is 32.2. The van der Waals surface area contributed by atoms with E-state index in [9.17, 15) is 30.3 Å². The van der Waals surface area contributed by atoms with E-state index in [1.807, 2.05) is 6.07 Å². The Labute approximate surface area is 183 Å². The van der Waals surface area contributed by atoms with Crippen LogP contribution in [0.5, 0.6) is 11.5 Å². The van der Waals surface area contributed by atoms with Crippen LogP contribution in [0, 0.1) is 6.92 Å². The molecule has 5 atom stereocenters. The fraction of sp³-hybridized carbons (Fsp3) is 0.381. The molecule has 1 aliphatic rings. The molecule has 0 aliphatic carbocycles. The van der Waals surface area contributed by atoms with Gasteiger partial charge in [0.05, 0.1) is 18.0 Å². The van der Waals surface area contributed by atoms with Gasteiger partial charge in [0, 0.05) is 23.7 Å². The molecule has 1 fully saturated rings. The van der Waals surface area contributed by atoms with E-state index in [2.05, 4.69) is 5.32 Å². The van der Waals surface area contributed by atoms with Crippen molar-refractivity contribution in [3.8, 4) is 11.5 Å². The number of anilines is 1. The lowest BCUT2D eigenvalue weighted by atomic mass is 9.98. The summed E-state index contributed by atoms with van der Waals surface area (Å²) >= 11 is 1.01. The summed E-state index contributed by atoms with van der Waals surface area (Å²) in [5.74, 6) is 0.262. The zero-order valence-corrected chi connectivity index (χ0v) is 17.6. The van der Waals surface area contributed by atoms with Crippen molar-refractivity contribution in [3.05, 3.63) is 53.1 Å².